The molecule has 1 aromatic heterocycles. The molecule has 0 amide bonds. The lowest BCUT2D eigenvalue weighted by atomic mass is 9.67. The maximum atomic E-state index is 6.19. The van der Waals surface area contributed by atoms with E-state index in [0.29, 0.717) is 0 Å². The van der Waals surface area contributed by atoms with Gasteiger partial charge in [0.25, 0.3) is 0 Å². The molecule has 0 saturated heterocycles. The molecule has 0 aliphatic heterocycles. The van der Waals surface area contributed by atoms with Gasteiger partial charge >= 0.3 is 0 Å². The lowest BCUT2D eigenvalue weighted by molar-refractivity contribution is 0.669. The van der Waals surface area contributed by atoms with Crippen LogP contribution in [-0.4, -0.2) is 0 Å². The summed E-state index contributed by atoms with van der Waals surface area (Å²) in [5, 5.41) is 2.30. The Morgan fingerprint density at radius 1 is 0.316 bits per heavy atom. The summed E-state index contributed by atoms with van der Waals surface area (Å²) < 4.78 is 6.19. The van der Waals surface area contributed by atoms with Gasteiger partial charge in [-0.15, -0.1) is 0 Å². The van der Waals surface area contributed by atoms with Crippen LogP contribution in [-0.2, 0) is 5.41 Å². The Bertz CT molecular complexity index is 3000. The van der Waals surface area contributed by atoms with Crippen molar-refractivity contribution in [3.05, 3.63) is 247 Å². The second-order valence-corrected chi connectivity index (χ2v) is 14.9. The van der Waals surface area contributed by atoms with Gasteiger partial charge in [-0.3, -0.25) is 0 Å². The van der Waals surface area contributed by atoms with E-state index >= 15 is 0 Å². The molecule has 1 aliphatic rings. The molecule has 0 saturated carbocycles. The lowest BCUT2D eigenvalue weighted by Gasteiger charge is -2.35. The standard InChI is InChI=1S/C55H37NO/c1-4-14-42(15-5-1)55(43-16-6-2-7-17-43)51-22-12-10-20-47(51)48-35-33-46(37-52(48)55)56(44-18-8-3-9-19-44)45-31-28-39(29-32-45)38-24-26-40(27-25-38)41-30-34-50-49-21-11-13-23-53(49)57-54(50)36-41/h1-37H. The maximum absolute atomic E-state index is 6.19. The third-order valence-corrected chi connectivity index (χ3v) is 11.8. The molecule has 10 aromatic rings. The molecule has 0 unspecified atom stereocenters. The zero-order valence-electron chi connectivity index (χ0n) is 31.2. The van der Waals surface area contributed by atoms with Gasteiger partial charge in [0.2, 0.25) is 0 Å². The summed E-state index contributed by atoms with van der Waals surface area (Å²) in [7, 11) is 0. The molecule has 0 atom stereocenters. The van der Waals surface area contributed by atoms with Crippen LogP contribution >= 0.6 is 0 Å². The van der Waals surface area contributed by atoms with Gasteiger partial charge in [-0.1, -0.05) is 170 Å². The highest BCUT2D eigenvalue weighted by Gasteiger charge is 2.46. The van der Waals surface area contributed by atoms with E-state index in [0.717, 1.165) is 50.1 Å². The fraction of sp³-hybridized carbons (Fsp3) is 0.0182. The summed E-state index contributed by atoms with van der Waals surface area (Å²) in [4.78, 5) is 2.38. The average molecular weight is 728 g/mol. The zero-order valence-corrected chi connectivity index (χ0v) is 31.2. The summed E-state index contributed by atoms with van der Waals surface area (Å²) in [6.07, 6.45) is 0. The minimum atomic E-state index is -0.472. The first-order chi connectivity index (χ1) is 28.3. The molecule has 0 fully saturated rings. The number of nitrogens with zero attached hydrogens (tertiary/aromatic N) is 1. The smallest absolute Gasteiger partial charge is 0.136 e. The molecule has 9 aromatic carbocycles. The van der Waals surface area contributed by atoms with Crippen molar-refractivity contribution in [2.45, 2.75) is 5.41 Å². The number of rotatable bonds is 7. The van der Waals surface area contributed by atoms with Crippen molar-refractivity contribution >= 4 is 39.0 Å². The van der Waals surface area contributed by atoms with E-state index in [2.05, 4.69) is 217 Å². The quantitative estimate of drug-likeness (QED) is 0.163. The topological polar surface area (TPSA) is 16.4 Å². The Labute approximate surface area is 332 Å². The van der Waals surface area contributed by atoms with Gasteiger partial charge in [0.05, 0.1) is 5.41 Å². The fourth-order valence-corrected chi connectivity index (χ4v) is 9.16. The molecular formula is C55H37NO. The molecule has 268 valence electrons. The van der Waals surface area contributed by atoms with Crippen LogP contribution in [0.25, 0.3) is 55.3 Å². The molecule has 2 nitrogen and oxygen atoms in total. The van der Waals surface area contributed by atoms with E-state index in [1.165, 1.54) is 44.5 Å². The molecule has 11 rings (SSSR count). The van der Waals surface area contributed by atoms with Crippen LogP contribution in [0, 0.1) is 0 Å². The van der Waals surface area contributed by atoms with Gasteiger partial charge in [0.15, 0.2) is 0 Å². The molecule has 57 heavy (non-hydrogen) atoms. The SMILES string of the molecule is c1ccc(N(c2ccc(-c3ccc(-c4ccc5c(c4)oc4ccccc45)cc3)cc2)c2ccc3c(c2)C(c2ccccc2)(c2ccccc2)c2ccccc2-3)cc1. The molecular weight excluding hydrogens is 691 g/mol. The van der Waals surface area contributed by atoms with Crippen LogP contribution in [0.5, 0.6) is 0 Å². The van der Waals surface area contributed by atoms with Crippen molar-refractivity contribution in [3.8, 4) is 33.4 Å². The van der Waals surface area contributed by atoms with Crippen LogP contribution in [0.3, 0.4) is 0 Å². The van der Waals surface area contributed by atoms with Gasteiger partial charge < -0.3 is 9.32 Å². The van der Waals surface area contributed by atoms with Crippen LogP contribution in [0.1, 0.15) is 22.3 Å². The first-order valence-corrected chi connectivity index (χ1v) is 19.6. The number of benzene rings is 9. The summed E-state index contributed by atoms with van der Waals surface area (Å²) in [5.74, 6) is 0. The Balaban J connectivity index is 0.984. The molecule has 1 aliphatic carbocycles. The summed E-state index contributed by atoms with van der Waals surface area (Å²) in [6, 6.07) is 81.2. The number of hydrogen-bond donors (Lipinski definition) is 0. The van der Waals surface area contributed by atoms with Gasteiger partial charge in [0.1, 0.15) is 11.2 Å². The van der Waals surface area contributed by atoms with Crippen molar-refractivity contribution < 1.29 is 4.42 Å². The Kier molecular flexibility index (Phi) is 7.75. The first kappa shape index (κ1) is 33.0. The minimum absolute atomic E-state index is 0.472. The van der Waals surface area contributed by atoms with E-state index in [1.54, 1.807) is 0 Å². The number of hydrogen-bond acceptors (Lipinski definition) is 2. The summed E-state index contributed by atoms with van der Waals surface area (Å²) >= 11 is 0. The molecule has 1 heterocycles. The van der Waals surface area contributed by atoms with Crippen molar-refractivity contribution in [3.63, 3.8) is 0 Å². The van der Waals surface area contributed by atoms with E-state index < -0.39 is 5.41 Å². The van der Waals surface area contributed by atoms with Crippen molar-refractivity contribution in [2.24, 2.45) is 0 Å². The van der Waals surface area contributed by atoms with E-state index in [-0.39, 0.29) is 0 Å². The number of para-hydroxylation sites is 2. The first-order valence-electron chi connectivity index (χ1n) is 19.6. The average Bonchev–Trinajstić information content (AvgIpc) is 3.81. The predicted molar refractivity (Wildman–Crippen MR) is 237 cm³/mol. The molecule has 0 radical (unpaired) electrons. The Morgan fingerprint density at radius 3 is 1.51 bits per heavy atom. The summed E-state index contributed by atoms with van der Waals surface area (Å²) in [5.41, 5.74) is 17.0. The Morgan fingerprint density at radius 2 is 0.807 bits per heavy atom. The van der Waals surface area contributed by atoms with Gasteiger partial charge in [-0.05, 0) is 110 Å². The van der Waals surface area contributed by atoms with Crippen molar-refractivity contribution in [2.75, 3.05) is 4.90 Å². The van der Waals surface area contributed by atoms with Crippen LogP contribution < -0.4 is 4.90 Å². The van der Waals surface area contributed by atoms with E-state index in [9.17, 15) is 0 Å². The van der Waals surface area contributed by atoms with Crippen LogP contribution in [0.2, 0.25) is 0 Å². The molecule has 0 N–H and O–H groups in total. The second-order valence-electron chi connectivity index (χ2n) is 14.9. The highest BCUT2D eigenvalue weighted by Crippen LogP contribution is 2.57. The molecule has 2 heteroatoms. The minimum Gasteiger partial charge on any atom is -0.456 e. The van der Waals surface area contributed by atoms with Gasteiger partial charge in [-0.25, -0.2) is 0 Å². The highest BCUT2D eigenvalue weighted by atomic mass is 16.3. The van der Waals surface area contributed by atoms with Crippen molar-refractivity contribution in [1.82, 2.24) is 0 Å². The third kappa shape index (κ3) is 5.33. The third-order valence-electron chi connectivity index (χ3n) is 11.8. The Hall–Kier alpha value is -7.42. The second kappa shape index (κ2) is 13.4. The van der Waals surface area contributed by atoms with E-state index in [4.69, 9.17) is 4.42 Å². The highest BCUT2D eigenvalue weighted by molar-refractivity contribution is 6.06. The number of furan rings is 1. The summed E-state index contributed by atoms with van der Waals surface area (Å²) in [6.45, 7) is 0. The predicted octanol–water partition coefficient (Wildman–Crippen LogP) is 14.8. The monoisotopic (exact) mass is 727 g/mol. The van der Waals surface area contributed by atoms with Gasteiger partial charge in [-0.2, -0.15) is 0 Å². The molecule has 0 bridgehead atoms. The van der Waals surface area contributed by atoms with E-state index in [1.807, 2.05) is 12.1 Å². The normalized spacial score (nSPS) is 12.7. The zero-order chi connectivity index (χ0) is 37.8. The number of fused-ring (bicyclic) bond motifs is 6. The molecule has 0 spiro atoms. The van der Waals surface area contributed by atoms with Crippen molar-refractivity contribution in [1.29, 1.82) is 0 Å². The lowest BCUT2D eigenvalue weighted by Crippen LogP contribution is -2.28. The van der Waals surface area contributed by atoms with Crippen LogP contribution in [0.15, 0.2) is 229 Å². The maximum Gasteiger partial charge on any atom is 0.136 e. The fourth-order valence-electron chi connectivity index (χ4n) is 9.16. The number of anilines is 3. The van der Waals surface area contributed by atoms with Gasteiger partial charge in [0, 0.05) is 27.8 Å². The largest absolute Gasteiger partial charge is 0.456 e. The van der Waals surface area contributed by atoms with Crippen LogP contribution in [0.4, 0.5) is 17.1 Å².